The molecule has 0 aliphatic heterocycles. The number of nitrogens with zero attached hydrogens (tertiary/aromatic N) is 1. The Morgan fingerprint density at radius 1 is 0.411 bits per heavy atom. The molecule has 73 heavy (non-hydrogen) atoms. The van der Waals surface area contributed by atoms with Crippen LogP contribution < -0.4 is 0 Å². The van der Waals surface area contributed by atoms with Gasteiger partial charge < -0.3 is 4.57 Å². The molecule has 2 spiro atoms. The molecule has 0 bridgehead atoms. The maximum atomic E-state index is 15.6. The van der Waals surface area contributed by atoms with Crippen LogP contribution in [0.1, 0.15) is 77.5 Å². The van der Waals surface area contributed by atoms with E-state index in [4.69, 9.17) is 0 Å². The van der Waals surface area contributed by atoms with E-state index in [1.54, 1.807) is 0 Å². The predicted molar refractivity (Wildman–Crippen MR) is 298 cm³/mol. The Balaban J connectivity index is 0.860. The first-order valence-electron chi connectivity index (χ1n) is 25.8. The normalized spacial score (nSPS) is 19.7. The number of aryl methyl sites for hydroxylation is 2. The standard InChI is InChI=1S/C71H47NO/c1-42-38-68(72-66-29-15-8-22-55(66)56-23-9-16-30-67(56)72)43(2)37-57(42)44-31-34-52-50-20-6-13-27-61(50)71(63(52)39-44)62-28-14-7-21-51(62)54-36-33-46(41-65(54)71)69(73)45-32-35-53-49-19-5-12-26-60(49)70(64(53)40-45)58-24-10-3-17-47(58)48-18-4-11-25-59(48)70/h3-41,47,58H,1-2H3. The van der Waals surface area contributed by atoms with Crippen LogP contribution in [0.15, 0.2) is 237 Å². The molecule has 0 radical (unpaired) electrons. The number of benzene rings is 10. The van der Waals surface area contributed by atoms with Crippen molar-refractivity contribution in [2.24, 2.45) is 5.92 Å². The van der Waals surface area contributed by atoms with Crippen LogP contribution in [0.5, 0.6) is 0 Å². The summed E-state index contributed by atoms with van der Waals surface area (Å²) in [5.74, 6) is 0.490. The molecule has 5 aliphatic carbocycles. The van der Waals surface area contributed by atoms with Gasteiger partial charge in [-0.1, -0.05) is 194 Å². The van der Waals surface area contributed by atoms with Gasteiger partial charge in [-0.25, -0.2) is 0 Å². The van der Waals surface area contributed by atoms with Crippen LogP contribution in [0.3, 0.4) is 0 Å². The number of rotatable bonds is 4. The molecule has 1 aromatic heterocycles. The Kier molecular flexibility index (Phi) is 8.18. The summed E-state index contributed by atoms with van der Waals surface area (Å²) in [6.45, 7) is 4.51. The minimum atomic E-state index is -0.636. The van der Waals surface area contributed by atoms with Crippen molar-refractivity contribution in [1.29, 1.82) is 0 Å². The van der Waals surface area contributed by atoms with Gasteiger partial charge in [0.15, 0.2) is 5.78 Å². The van der Waals surface area contributed by atoms with Gasteiger partial charge in [0, 0.05) is 39.4 Å². The second kappa shape index (κ2) is 14.6. The lowest BCUT2D eigenvalue weighted by atomic mass is 9.65. The first kappa shape index (κ1) is 40.8. The van der Waals surface area contributed by atoms with Crippen LogP contribution in [0, 0.1) is 19.8 Å². The molecule has 4 atom stereocenters. The van der Waals surface area contributed by atoms with Crippen LogP contribution in [0.25, 0.3) is 72.0 Å². The molecule has 4 unspecified atom stereocenters. The number of hydrogen-bond acceptors (Lipinski definition) is 1. The van der Waals surface area contributed by atoms with E-state index in [0.717, 1.165) is 11.1 Å². The highest BCUT2D eigenvalue weighted by Gasteiger charge is 2.57. The van der Waals surface area contributed by atoms with E-state index in [-0.39, 0.29) is 17.6 Å². The Hall–Kier alpha value is -8.85. The lowest BCUT2D eigenvalue weighted by Crippen LogP contribution is -2.33. The van der Waals surface area contributed by atoms with Gasteiger partial charge in [-0.05, 0) is 156 Å². The molecular formula is C71H47NO. The van der Waals surface area contributed by atoms with Gasteiger partial charge >= 0.3 is 0 Å². The van der Waals surface area contributed by atoms with E-state index in [0.29, 0.717) is 5.56 Å². The summed E-state index contributed by atoms with van der Waals surface area (Å²) in [5.41, 5.74) is 26.4. The van der Waals surface area contributed by atoms with Gasteiger partial charge in [-0.15, -0.1) is 0 Å². The zero-order chi connectivity index (χ0) is 48.3. The topological polar surface area (TPSA) is 22.0 Å². The molecule has 342 valence electrons. The van der Waals surface area contributed by atoms with Crippen molar-refractivity contribution >= 4 is 27.6 Å². The fourth-order valence-corrected chi connectivity index (χ4v) is 14.9. The molecule has 0 amide bonds. The zero-order valence-electron chi connectivity index (χ0n) is 40.5. The number of ketones is 1. The van der Waals surface area contributed by atoms with Gasteiger partial charge in [-0.3, -0.25) is 4.79 Å². The largest absolute Gasteiger partial charge is 0.309 e. The van der Waals surface area contributed by atoms with E-state index in [1.165, 1.54) is 122 Å². The van der Waals surface area contributed by atoms with E-state index < -0.39 is 10.8 Å². The fraction of sp³-hybridized carbons (Fsp3) is 0.0845. The minimum Gasteiger partial charge on any atom is -0.309 e. The summed E-state index contributed by atoms with van der Waals surface area (Å²) in [7, 11) is 0. The lowest BCUT2D eigenvalue weighted by molar-refractivity contribution is 0.103. The number of fused-ring (bicyclic) bond motifs is 23. The second-order valence-electron chi connectivity index (χ2n) is 21.0. The summed E-state index contributed by atoms with van der Waals surface area (Å²) in [6, 6.07) is 78.4. The SMILES string of the molecule is Cc1cc(-n2c3ccccc3c3ccccc32)c(C)cc1-c1ccc2c(c1)C1(c3ccccc3-c3ccc(C(=O)c4ccc5c(c4)C4(c6ccccc6-5)c5ccccc5C5C=CC=CC54)cc31)c1ccccc1-2. The molecule has 2 heteroatoms. The fourth-order valence-electron chi connectivity index (χ4n) is 14.9. The van der Waals surface area contributed by atoms with E-state index in [2.05, 4.69) is 255 Å². The quantitative estimate of drug-likeness (QED) is 0.161. The molecule has 1 heterocycles. The Bertz CT molecular complexity index is 4280. The van der Waals surface area contributed by atoms with Crippen molar-refractivity contribution in [2.75, 3.05) is 0 Å². The Morgan fingerprint density at radius 3 is 1.60 bits per heavy atom. The number of carbonyl (C=O) groups excluding carboxylic acids is 1. The van der Waals surface area contributed by atoms with Crippen molar-refractivity contribution in [2.45, 2.75) is 30.6 Å². The maximum Gasteiger partial charge on any atom is 0.193 e. The number of para-hydroxylation sites is 2. The van der Waals surface area contributed by atoms with Crippen LogP contribution in [-0.2, 0) is 10.8 Å². The van der Waals surface area contributed by atoms with E-state index in [9.17, 15) is 0 Å². The molecular weight excluding hydrogens is 883 g/mol. The Labute approximate surface area is 424 Å². The van der Waals surface area contributed by atoms with Gasteiger partial charge in [0.25, 0.3) is 0 Å². The minimum absolute atomic E-state index is 0.0411. The van der Waals surface area contributed by atoms with Crippen LogP contribution >= 0.6 is 0 Å². The number of carbonyl (C=O) groups is 1. The molecule has 16 rings (SSSR count). The van der Waals surface area contributed by atoms with Crippen molar-refractivity contribution in [3.63, 3.8) is 0 Å². The lowest BCUT2D eigenvalue weighted by Gasteiger charge is -2.36. The van der Waals surface area contributed by atoms with Crippen LogP contribution in [-0.4, -0.2) is 10.4 Å². The highest BCUT2D eigenvalue weighted by molar-refractivity contribution is 6.11. The molecule has 0 saturated heterocycles. The number of allylic oxidation sites excluding steroid dienone is 4. The number of aromatic nitrogens is 1. The van der Waals surface area contributed by atoms with E-state index in [1.807, 2.05) is 0 Å². The van der Waals surface area contributed by atoms with Gasteiger partial charge in [0.2, 0.25) is 0 Å². The number of hydrogen-bond donors (Lipinski definition) is 0. The summed E-state index contributed by atoms with van der Waals surface area (Å²) in [5, 5.41) is 2.53. The van der Waals surface area contributed by atoms with E-state index >= 15 is 4.79 Å². The molecule has 0 saturated carbocycles. The third-order valence-corrected chi connectivity index (χ3v) is 17.8. The maximum absolute atomic E-state index is 15.6. The summed E-state index contributed by atoms with van der Waals surface area (Å²) in [6.07, 6.45) is 9.21. The average molecular weight is 930 g/mol. The summed E-state index contributed by atoms with van der Waals surface area (Å²) >= 11 is 0. The first-order chi connectivity index (χ1) is 36.0. The smallest absolute Gasteiger partial charge is 0.193 e. The van der Waals surface area contributed by atoms with Crippen molar-refractivity contribution < 1.29 is 4.79 Å². The monoisotopic (exact) mass is 929 g/mol. The highest BCUT2D eigenvalue weighted by atomic mass is 16.1. The molecule has 2 nitrogen and oxygen atoms in total. The predicted octanol–water partition coefficient (Wildman–Crippen LogP) is 16.8. The second-order valence-corrected chi connectivity index (χ2v) is 21.0. The summed E-state index contributed by atoms with van der Waals surface area (Å²) < 4.78 is 2.44. The van der Waals surface area contributed by atoms with Crippen LogP contribution in [0.4, 0.5) is 0 Å². The summed E-state index contributed by atoms with van der Waals surface area (Å²) in [4.78, 5) is 15.6. The molecule has 11 aromatic rings. The van der Waals surface area contributed by atoms with Crippen molar-refractivity contribution in [3.8, 4) is 50.2 Å². The molecule has 0 fully saturated rings. The molecule has 0 N–H and O–H groups in total. The zero-order valence-corrected chi connectivity index (χ0v) is 40.5. The van der Waals surface area contributed by atoms with Gasteiger partial charge in [0.1, 0.15) is 0 Å². The van der Waals surface area contributed by atoms with Crippen molar-refractivity contribution in [3.05, 3.63) is 303 Å². The third-order valence-electron chi connectivity index (χ3n) is 17.8. The third kappa shape index (κ3) is 5.10. The first-order valence-corrected chi connectivity index (χ1v) is 25.8. The van der Waals surface area contributed by atoms with Gasteiger partial charge in [-0.2, -0.15) is 0 Å². The van der Waals surface area contributed by atoms with Gasteiger partial charge in [0.05, 0.1) is 21.9 Å². The molecule has 10 aromatic carbocycles. The Morgan fingerprint density at radius 2 is 0.918 bits per heavy atom. The highest BCUT2D eigenvalue weighted by Crippen LogP contribution is 2.66. The van der Waals surface area contributed by atoms with Crippen LogP contribution in [0.2, 0.25) is 0 Å². The average Bonchev–Trinajstić information content (AvgIpc) is 4.31. The van der Waals surface area contributed by atoms with Crippen molar-refractivity contribution in [1.82, 2.24) is 4.57 Å². The molecule has 5 aliphatic rings.